The number of aromatic nitrogens is 3. The smallest absolute Gasteiger partial charge is 0.336 e. The fourth-order valence-corrected chi connectivity index (χ4v) is 5.57. The molecular formula is C28H30N4O7S. The number of aliphatic hydroxyl groups is 1. The van der Waals surface area contributed by atoms with E-state index in [1.807, 2.05) is 6.20 Å². The number of nitrogens with zero attached hydrogens (tertiary/aromatic N) is 4. The monoisotopic (exact) mass is 566 g/mol. The van der Waals surface area contributed by atoms with Crippen LogP contribution >= 0.6 is 11.3 Å². The van der Waals surface area contributed by atoms with E-state index in [1.165, 1.54) is 28.1 Å². The molecule has 1 saturated heterocycles. The highest BCUT2D eigenvalue weighted by atomic mass is 32.1. The van der Waals surface area contributed by atoms with Gasteiger partial charge in [0.15, 0.2) is 11.2 Å². The van der Waals surface area contributed by atoms with Crippen LogP contribution in [0.3, 0.4) is 0 Å². The van der Waals surface area contributed by atoms with Crippen molar-refractivity contribution in [2.24, 2.45) is 0 Å². The lowest BCUT2D eigenvalue weighted by atomic mass is 9.96. The van der Waals surface area contributed by atoms with Crippen molar-refractivity contribution in [3.05, 3.63) is 76.9 Å². The normalized spacial score (nSPS) is 15.5. The third-order valence-corrected chi connectivity index (χ3v) is 7.63. The largest absolute Gasteiger partial charge is 0.481 e. The van der Waals surface area contributed by atoms with E-state index < -0.39 is 36.4 Å². The van der Waals surface area contributed by atoms with Crippen LogP contribution in [0.2, 0.25) is 0 Å². The van der Waals surface area contributed by atoms with Gasteiger partial charge in [0.1, 0.15) is 5.69 Å². The lowest BCUT2D eigenvalue weighted by Gasteiger charge is -2.18. The summed E-state index contributed by atoms with van der Waals surface area (Å²) in [7, 11) is 0. The van der Waals surface area contributed by atoms with E-state index in [0.29, 0.717) is 5.92 Å². The highest BCUT2D eigenvalue weighted by Gasteiger charge is 2.40. The number of aryl methyl sites for hydroxylation is 1. The second kappa shape index (κ2) is 12.4. The van der Waals surface area contributed by atoms with Crippen molar-refractivity contribution in [1.29, 1.82) is 0 Å². The van der Waals surface area contributed by atoms with Gasteiger partial charge in [0.2, 0.25) is 0 Å². The van der Waals surface area contributed by atoms with Gasteiger partial charge >= 0.3 is 17.9 Å². The first-order valence-electron chi connectivity index (χ1n) is 12.6. The molecule has 1 atom stereocenters. The average molecular weight is 567 g/mol. The Morgan fingerprint density at radius 3 is 2.33 bits per heavy atom. The lowest BCUT2D eigenvalue weighted by molar-refractivity contribution is -0.170. The maximum Gasteiger partial charge on any atom is 0.336 e. The number of fused-ring (bicyclic) bond motifs is 1. The SMILES string of the molecule is Cc1c(-c2cccs2)nn2c(C3CCN(Cc4ccccc4)C3)ccnc12.O=C(O)CC(O)(CC(=O)O)C(=O)O. The summed E-state index contributed by atoms with van der Waals surface area (Å²) in [4.78, 5) is 38.9. The third kappa shape index (κ3) is 6.71. The molecule has 40 heavy (non-hydrogen) atoms. The van der Waals surface area contributed by atoms with Gasteiger partial charge in [-0.3, -0.25) is 14.5 Å². The second-order valence-corrected chi connectivity index (χ2v) is 10.7. The predicted molar refractivity (Wildman–Crippen MR) is 147 cm³/mol. The minimum Gasteiger partial charge on any atom is -0.481 e. The Labute approximate surface area is 234 Å². The second-order valence-electron chi connectivity index (χ2n) is 9.74. The summed E-state index contributed by atoms with van der Waals surface area (Å²) in [5.74, 6) is -4.52. The first kappa shape index (κ1) is 28.9. The number of rotatable bonds is 9. The molecule has 210 valence electrons. The average Bonchev–Trinajstić information content (AvgIpc) is 3.65. The van der Waals surface area contributed by atoms with Gasteiger partial charge in [0.25, 0.3) is 0 Å². The van der Waals surface area contributed by atoms with Gasteiger partial charge in [0, 0.05) is 30.8 Å². The molecule has 12 heteroatoms. The molecule has 0 amide bonds. The Hall–Kier alpha value is -4.13. The summed E-state index contributed by atoms with van der Waals surface area (Å²) in [5.41, 5.74) is 3.13. The van der Waals surface area contributed by atoms with Crippen LogP contribution in [0.15, 0.2) is 60.1 Å². The number of carbonyl (C=O) groups is 3. The van der Waals surface area contributed by atoms with E-state index in [2.05, 4.69) is 75.2 Å². The van der Waals surface area contributed by atoms with Crippen molar-refractivity contribution >= 4 is 34.9 Å². The maximum atomic E-state index is 10.3. The first-order chi connectivity index (χ1) is 19.1. The van der Waals surface area contributed by atoms with Crippen molar-refractivity contribution < 1.29 is 34.8 Å². The number of likely N-dealkylation sites (tertiary alicyclic amines) is 1. The summed E-state index contributed by atoms with van der Waals surface area (Å²) in [6.07, 6.45) is 0.819. The molecule has 0 saturated carbocycles. The standard InChI is InChI=1S/C22H22N4S.C6H8O7/c1-16-21(20-8-5-13-27-20)24-26-19(9-11-23-22(16)26)18-10-12-25(15-18)14-17-6-3-2-4-7-17;7-3(8)1-6(13,5(11)12)2-4(9)10/h2-9,11,13,18H,10,12,14-15H2,1H3;13H,1-2H2,(H,7,8)(H,9,10)(H,11,12). The molecule has 0 aliphatic carbocycles. The van der Waals surface area contributed by atoms with Crippen molar-refractivity contribution in [3.63, 3.8) is 0 Å². The molecule has 11 nitrogen and oxygen atoms in total. The summed E-state index contributed by atoms with van der Waals surface area (Å²) >= 11 is 1.73. The summed E-state index contributed by atoms with van der Waals surface area (Å²) in [5, 5.41) is 40.9. The number of aliphatic carboxylic acids is 3. The molecule has 3 aromatic heterocycles. The number of thiophene rings is 1. The molecule has 1 aromatic carbocycles. The van der Waals surface area contributed by atoms with Crippen LogP contribution in [0.5, 0.6) is 0 Å². The quantitative estimate of drug-likeness (QED) is 0.235. The molecule has 0 radical (unpaired) electrons. The molecule has 0 bridgehead atoms. The topological polar surface area (TPSA) is 166 Å². The van der Waals surface area contributed by atoms with Gasteiger partial charge in [0.05, 0.1) is 23.4 Å². The van der Waals surface area contributed by atoms with Crippen LogP contribution in [0.4, 0.5) is 0 Å². The van der Waals surface area contributed by atoms with E-state index >= 15 is 0 Å². The summed E-state index contributed by atoms with van der Waals surface area (Å²) in [6, 6.07) is 17.1. The fraction of sp³-hybridized carbons (Fsp3) is 0.321. The highest BCUT2D eigenvalue weighted by Crippen LogP contribution is 2.32. The minimum atomic E-state index is -2.74. The van der Waals surface area contributed by atoms with Crippen molar-refractivity contribution in [1.82, 2.24) is 19.5 Å². The van der Waals surface area contributed by atoms with Gasteiger partial charge in [-0.2, -0.15) is 5.10 Å². The van der Waals surface area contributed by atoms with Gasteiger partial charge in [-0.15, -0.1) is 11.3 Å². The van der Waals surface area contributed by atoms with E-state index in [9.17, 15) is 14.4 Å². The third-order valence-electron chi connectivity index (χ3n) is 6.76. The molecular weight excluding hydrogens is 536 g/mol. The van der Waals surface area contributed by atoms with Crippen LogP contribution in [0, 0.1) is 6.92 Å². The number of carboxylic acids is 3. The Morgan fingerprint density at radius 1 is 1.02 bits per heavy atom. The summed E-state index contributed by atoms with van der Waals surface area (Å²) < 4.78 is 2.08. The number of carboxylic acid groups (broad SMARTS) is 3. The van der Waals surface area contributed by atoms with Crippen molar-refractivity contribution in [3.8, 4) is 10.6 Å². The molecule has 5 rings (SSSR count). The van der Waals surface area contributed by atoms with Crippen molar-refractivity contribution in [2.45, 2.75) is 44.2 Å². The lowest BCUT2D eigenvalue weighted by Crippen LogP contribution is -2.42. The van der Waals surface area contributed by atoms with Crippen LogP contribution in [-0.4, -0.2) is 76.5 Å². The molecule has 4 N–H and O–H groups in total. The highest BCUT2D eigenvalue weighted by molar-refractivity contribution is 7.13. The Morgan fingerprint density at radius 2 is 1.73 bits per heavy atom. The van der Waals surface area contributed by atoms with E-state index in [4.69, 9.17) is 25.5 Å². The number of hydrogen-bond donors (Lipinski definition) is 4. The Kier molecular flexibility index (Phi) is 8.93. The number of benzene rings is 1. The van der Waals surface area contributed by atoms with Crippen LogP contribution in [0.25, 0.3) is 16.2 Å². The minimum absolute atomic E-state index is 0.495. The van der Waals surface area contributed by atoms with Gasteiger partial charge in [-0.25, -0.2) is 14.3 Å². The van der Waals surface area contributed by atoms with E-state index in [0.717, 1.165) is 31.0 Å². The Bertz CT molecular complexity index is 1470. The molecule has 1 aliphatic heterocycles. The zero-order valence-electron chi connectivity index (χ0n) is 21.8. The maximum absolute atomic E-state index is 10.3. The van der Waals surface area contributed by atoms with Crippen LogP contribution in [-0.2, 0) is 20.9 Å². The molecule has 4 aromatic rings. The molecule has 1 unspecified atom stereocenters. The van der Waals surface area contributed by atoms with Gasteiger partial charge in [-0.05, 0) is 43.0 Å². The molecule has 4 heterocycles. The van der Waals surface area contributed by atoms with Crippen LogP contribution < -0.4 is 0 Å². The first-order valence-corrected chi connectivity index (χ1v) is 13.5. The van der Waals surface area contributed by atoms with E-state index in [-0.39, 0.29) is 0 Å². The van der Waals surface area contributed by atoms with Gasteiger partial charge in [-0.1, -0.05) is 36.4 Å². The zero-order valence-corrected chi connectivity index (χ0v) is 22.6. The Balaban J connectivity index is 0.000000243. The van der Waals surface area contributed by atoms with E-state index in [1.54, 1.807) is 11.3 Å². The molecule has 1 aliphatic rings. The molecule has 1 fully saturated rings. The molecule has 0 spiro atoms. The predicted octanol–water partition coefficient (Wildman–Crippen LogP) is 3.51. The van der Waals surface area contributed by atoms with Gasteiger partial charge < -0.3 is 20.4 Å². The fourth-order valence-electron chi connectivity index (χ4n) is 4.80. The zero-order chi connectivity index (χ0) is 28.9. The van der Waals surface area contributed by atoms with Crippen LogP contribution in [0.1, 0.15) is 42.0 Å². The van der Waals surface area contributed by atoms with Crippen molar-refractivity contribution in [2.75, 3.05) is 13.1 Å². The number of hydrogen-bond acceptors (Lipinski definition) is 8. The summed E-state index contributed by atoms with van der Waals surface area (Å²) in [6.45, 7) is 5.34.